The topological polar surface area (TPSA) is 17.8 Å². The molecule has 4 heteroatoms. The molecule has 1 aromatic carbocycles. The number of imidazole rings is 1. The van der Waals surface area contributed by atoms with Crippen molar-refractivity contribution in [3.63, 3.8) is 0 Å². The number of rotatable bonds is 3. The fourth-order valence-corrected chi connectivity index (χ4v) is 2.62. The van der Waals surface area contributed by atoms with Crippen molar-refractivity contribution in [2.24, 2.45) is 5.41 Å². The van der Waals surface area contributed by atoms with Crippen LogP contribution < -0.4 is 0 Å². The molecule has 2 aromatic rings. The smallest absolute Gasteiger partial charge is 0.141 e. The molecule has 0 saturated heterocycles. The van der Waals surface area contributed by atoms with E-state index in [0.29, 0.717) is 5.41 Å². The Kier molecular flexibility index (Phi) is 7.27. The maximum Gasteiger partial charge on any atom is 0.141 e. The van der Waals surface area contributed by atoms with Crippen molar-refractivity contribution in [1.29, 1.82) is 0 Å². The van der Waals surface area contributed by atoms with Gasteiger partial charge in [-0.3, -0.25) is 0 Å². The molecule has 0 aliphatic heterocycles. The van der Waals surface area contributed by atoms with Gasteiger partial charge in [0.05, 0.1) is 0 Å². The summed E-state index contributed by atoms with van der Waals surface area (Å²) < 4.78 is 15.6. The summed E-state index contributed by atoms with van der Waals surface area (Å²) in [5.74, 6) is 0.622. The molecule has 0 unspecified atom stereocenters. The van der Waals surface area contributed by atoms with E-state index in [4.69, 9.17) is 0 Å². The number of aryl methyl sites for hydroxylation is 1. The second-order valence-electron chi connectivity index (χ2n) is 6.49. The summed E-state index contributed by atoms with van der Waals surface area (Å²) in [6, 6.07) is 6.35. The SMILES string of the molecule is CCCC(C)(C)C.CCn1cc(Br)nc1-c1ccc(F)cc1. The third-order valence-corrected chi connectivity index (χ3v) is 3.57. The molecule has 0 saturated carbocycles. The molecular weight excluding hydrogens is 343 g/mol. The molecule has 0 atom stereocenters. The first-order valence-electron chi connectivity index (χ1n) is 7.75. The van der Waals surface area contributed by atoms with Gasteiger partial charge in [-0.1, -0.05) is 34.1 Å². The fourth-order valence-electron chi connectivity index (χ4n) is 2.20. The predicted octanol–water partition coefficient (Wildman–Crippen LogP) is 6.30. The van der Waals surface area contributed by atoms with Crippen LogP contribution in [-0.2, 0) is 6.54 Å². The van der Waals surface area contributed by atoms with Gasteiger partial charge in [0, 0.05) is 18.3 Å². The van der Waals surface area contributed by atoms with Crippen LogP contribution in [0.25, 0.3) is 11.4 Å². The Morgan fingerprint density at radius 1 is 1.14 bits per heavy atom. The summed E-state index contributed by atoms with van der Waals surface area (Å²) in [6.45, 7) is 11.9. The molecule has 1 aromatic heterocycles. The quantitative estimate of drug-likeness (QED) is 0.620. The standard InChI is InChI=1S/C11H10BrFN2.C7H16/c1-2-15-7-10(12)14-11(15)8-3-5-9(13)6-4-8;1-5-6-7(2,3)4/h3-7H,2H2,1H3;5-6H2,1-4H3. The van der Waals surface area contributed by atoms with Crippen LogP contribution in [0.3, 0.4) is 0 Å². The highest BCUT2D eigenvalue weighted by molar-refractivity contribution is 9.10. The van der Waals surface area contributed by atoms with E-state index in [1.165, 1.54) is 25.0 Å². The molecule has 0 radical (unpaired) electrons. The number of aromatic nitrogens is 2. The molecule has 0 fully saturated rings. The van der Waals surface area contributed by atoms with Gasteiger partial charge in [0.1, 0.15) is 16.2 Å². The normalized spacial score (nSPS) is 11.0. The summed E-state index contributed by atoms with van der Waals surface area (Å²) in [4.78, 5) is 4.34. The van der Waals surface area contributed by atoms with Crippen LogP contribution in [0.1, 0.15) is 47.5 Å². The Labute approximate surface area is 141 Å². The second-order valence-corrected chi connectivity index (χ2v) is 7.30. The molecular formula is C18H26BrFN2. The van der Waals surface area contributed by atoms with Crippen LogP contribution in [0.4, 0.5) is 4.39 Å². The first-order chi connectivity index (χ1) is 10.3. The highest BCUT2D eigenvalue weighted by atomic mass is 79.9. The van der Waals surface area contributed by atoms with Crippen LogP contribution in [0.5, 0.6) is 0 Å². The molecule has 0 aliphatic rings. The van der Waals surface area contributed by atoms with Crippen molar-refractivity contribution in [2.45, 2.75) is 54.0 Å². The first-order valence-corrected chi connectivity index (χ1v) is 8.54. The van der Waals surface area contributed by atoms with E-state index in [9.17, 15) is 4.39 Å². The number of nitrogens with zero attached hydrogens (tertiary/aromatic N) is 2. The molecule has 0 amide bonds. The van der Waals surface area contributed by atoms with Crippen LogP contribution >= 0.6 is 15.9 Å². The van der Waals surface area contributed by atoms with Gasteiger partial charge >= 0.3 is 0 Å². The molecule has 1 heterocycles. The number of halogens is 2. The van der Waals surface area contributed by atoms with Crippen LogP contribution in [0.2, 0.25) is 0 Å². The van der Waals surface area contributed by atoms with Crippen molar-refractivity contribution < 1.29 is 4.39 Å². The molecule has 2 nitrogen and oxygen atoms in total. The maximum atomic E-state index is 12.8. The van der Waals surface area contributed by atoms with Gasteiger partial charge in [0.2, 0.25) is 0 Å². The summed E-state index contributed by atoms with van der Waals surface area (Å²) in [6.07, 6.45) is 4.56. The van der Waals surface area contributed by atoms with Gasteiger partial charge in [-0.05, 0) is 59.0 Å². The maximum absolute atomic E-state index is 12.8. The minimum absolute atomic E-state index is 0.229. The van der Waals surface area contributed by atoms with Crippen LogP contribution in [0, 0.1) is 11.2 Å². The Morgan fingerprint density at radius 2 is 1.73 bits per heavy atom. The Balaban J connectivity index is 0.000000295. The van der Waals surface area contributed by atoms with E-state index in [2.05, 4.69) is 48.6 Å². The fraction of sp³-hybridized carbons (Fsp3) is 0.500. The molecule has 0 spiro atoms. The van der Waals surface area contributed by atoms with Crippen molar-refractivity contribution >= 4 is 15.9 Å². The van der Waals surface area contributed by atoms with Crippen molar-refractivity contribution in [3.8, 4) is 11.4 Å². The van der Waals surface area contributed by atoms with Crippen molar-refractivity contribution in [3.05, 3.63) is 40.9 Å². The van der Waals surface area contributed by atoms with Gasteiger partial charge in [0.15, 0.2) is 0 Å². The lowest BCUT2D eigenvalue weighted by Gasteiger charge is -2.15. The van der Waals surface area contributed by atoms with Gasteiger partial charge in [0.25, 0.3) is 0 Å². The van der Waals surface area contributed by atoms with Gasteiger partial charge in [-0.15, -0.1) is 0 Å². The third kappa shape index (κ3) is 6.30. The highest BCUT2D eigenvalue weighted by Gasteiger charge is 2.07. The minimum atomic E-state index is -0.229. The summed E-state index contributed by atoms with van der Waals surface area (Å²) >= 11 is 3.33. The molecule has 0 aliphatic carbocycles. The Morgan fingerprint density at radius 3 is 2.14 bits per heavy atom. The van der Waals surface area contributed by atoms with E-state index >= 15 is 0 Å². The van der Waals surface area contributed by atoms with E-state index in [-0.39, 0.29) is 5.82 Å². The number of hydrogen-bond acceptors (Lipinski definition) is 1. The van der Waals surface area contributed by atoms with Crippen LogP contribution in [-0.4, -0.2) is 9.55 Å². The van der Waals surface area contributed by atoms with Crippen molar-refractivity contribution in [1.82, 2.24) is 9.55 Å². The monoisotopic (exact) mass is 368 g/mol. The Bertz CT molecular complexity index is 568. The second kappa shape index (κ2) is 8.47. The number of benzene rings is 1. The lowest BCUT2D eigenvalue weighted by atomic mass is 9.91. The van der Waals surface area contributed by atoms with E-state index in [1.807, 2.05) is 17.7 Å². The summed E-state index contributed by atoms with van der Waals surface area (Å²) in [5.41, 5.74) is 1.47. The minimum Gasteiger partial charge on any atom is -0.330 e. The highest BCUT2D eigenvalue weighted by Crippen LogP contribution is 2.21. The first kappa shape index (κ1) is 18.9. The number of hydrogen-bond donors (Lipinski definition) is 0. The van der Waals surface area contributed by atoms with E-state index in [0.717, 1.165) is 22.5 Å². The lowest BCUT2D eigenvalue weighted by Crippen LogP contribution is -2.02. The van der Waals surface area contributed by atoms with Gasteiger partial charge in [-0.25, -0.2) is 9.37 Å². The molecule has 22 heavy (non-hydrogen) atoms. The lowest BCUT2D eigenvalue weighted by molar-refractivity contribution is 0.373. The zero-order valence-corrected chi connectivity index (χ0v) is 15.7. The largest absolute Gasteiger partial charge is 0.330 e. The van der Waals surface area contributed by atoms with E-state index < -0.39 is 0 Å². The molecule has 122 valence electrons. The average molecular weight is 369 g/mol. The van der Waals surface area contributed by atoms with Crippen LogP contribution in [0.15, 0.2) is 35.1 Å². The summed E-state index contributed by atoms with van der Waals surface area (Å²) in [5, 5.41) is 0. The zero-order chi connectivity index (χ0) is 16.8. The predicted molar refractivity (Wildman–Crippen MR) is 95.4 cm³/mol. The zero-order valence-electron chi connectivity index (χ0n) is 14.2. The van der Waals surface area contributed by atoms with Gasteiger partial charge in [-0.2, -0.15) is 0 Å². The Hall–Kier alpha value is -1.16. The van der Waals surface area contributed by atoms with Gasteiger partial charge < -0.3 is 4.57 Å². The molecule has 0 bridgehead atoms. The third-order valence-electron chi connectivity index (χ3n) is 3.19. The molecule has 2 rings (SSSR count). The van der Waals surface area contributed by atoms with E-state index in [1.54, 1.807) is 12.1 Å². The average Bonchev–Trinajstić information content (AvgIpc) is 2.80. The molecule has 0 N–H and O–H groups in total. The summed E-state index contributed by atoms with van der Waals surface area (Å²) in [7, 11) is 0. The van der Waals surface area contributed by atoms with Crippen molar-refractivity contribution in [2.75, 3.05) is 0 Å².